The Hall–Kier alpha value is -3.52. The third-order valence-electron chi connectivity index (χ3n) is 5.78. The summed E-state index contributed by atoms with van der Waals surface area (Å²) in [7, 11) is 0. The lowest BCUT2D eigenvalue weighted by Gasteiger charge is -2.33. The Kier molecular flexibility index (Phi) is 6.15. The van der Waals surface area contributed by atoms with Gasteiger partial charge in [-0.05, 0) is 51.1 Å². The van der Waals surface area contributed by atoms with E-state index in [1.165, 1.54) is 0 Å². The molecule has 2 aromatic heterocycles. The topological polar surface area (TPSA) is 81.0 Å². The number of hydrogen-bond donors (Lipinski definition) is 1. The number of carbonyl (C=O) groups excluding carboxylic acids is 1. The summed E-state index contributed by atoms with van der Waals surface area (Å²) < 4.78 is 13.8. The van der Waals surface area contributed by atoms with Crippen molar-refractivity contribution in [2.75, 3.05) is 18.4 Å². The van der Waals surface area contributed by atoms with Crippen LogP contribution in [-0.4, -0.2) is 50.2 Å². The number of nitrogens with one attached hydrogen (secondary N) is 1. The lowest BCUT2D eigenvalue weighted by Crippen LogP contribution is -2.44. The van der Waals surface area contributed by atoms with Crippen LogP contribution in [0.1, 0.15) is 33.6 Å². The number of imidazole rings is 1. The molecule has 9 heteroatoms. The van der Waals surface area contributed by atoms with Crippen LogP contribution >= 0.6 is 11.6 Å². The second kappa shape index (κ2) is 9.26. The van der Waals surface area contributed by atoms with E-state index in [4.69, 9.17) is 26.1 Å². The van der Waals surface area contributed by atoms with Crippen LogP contribution in [0, 0.1) is 0 Å². The number of rotatable bonds is 4. The van der Waals surface area contributed by atoms with Gasteiger partial charge >= 0.3 is 6.09 Å². The standard InChI is InChI=1S/C26H28ClN5O3/c1-26(2,3)35-25(33)31-12-9-19(10-13-31)34-20-7-8-22-21(16-20)30-23(24-28-11-14-32(22)24)29-18-6-4-5-17(27)15-18/h4-8,11,14-16,19H,9-10,12-13H2,1-3H3,(H,29,30). The number of aromatic nitrogens is 3. The zero-order valence-corrected chi connectivity index (χ0v) is 20.7. The fourth-order valence-electron chi connectivity index (χ4n) is 4.18. The molecule has 0 atom stereocenters. The summed E-state index contributed by atoms with van der Waals surface area (Å²) in [5, 5.41) is 3.97. The average molecular weight is 494 g/mol. The van der Waals surface area contributed by atoms with Crippen LogP contribution in [0.25, 0.3) is 16.7 Å². The molecule has 182 valence electrons. The van der Waals surface area contributed by atoms with Gasteiger partial charge in [-0.15, -0.1) is 0 Å². The van der Waals surface area contributed by atoms with Gasteiger partial charge in [-0.25, -0.2) is 14.8 Å². The minimum atomic E-state index is -0.496. The van der Waals surface area contributed by atoms with E-state index < -0.39 is 5.60 Å². The van der Waals surface area contributed by atoms with Crippen molar-refractivity contribution in [2.24, 2.45) is 0 Å². The molecule has 1 aliphatic heterocycles. The van der Waals surface area contributed by atoms with Crippen LogP contribution < -0.4 is 10.1 Å². The Morgan fingerprint density at radius 2 is 1.94 bits per heavy atom. The Balaban J connectivity index is 1.33. The van der Waals surface area contributed by atoms with Gasteiger partial charge in [0.2, 0.25) is 0 Å². The highest BCUT2D eigenvalue weighted by Gasteiger charge is 2.27. The maximum absolute atomic E-state index is 12.3. The van der Waals surface area contributed by atoms with Gasteiger partial charge in [-0.2, -0.15) is 0 Å². The monoisotopic (exact) mass is 493 g/mol. The first-order valence-electron chi connectivity index (χ1n) is 11.7. The van der Waals surface area contributed by atoms with Crippen LogP contribution in [0.2, 0.25) is 5.02 Å². The third kappa shape index (κ3) is 5.27. The SMILES string of the molecule is CC(C)(C)OC(=O)N1CCC(Oc2ccc3c(c2)nc(Nc2cccc(Cl)c2)c2nccn23)CC1. The number of nitrogens with zero attached hydrogens (tertiary/aromatic N) is 4. The van der Waals surface area contributed by atoms with Crippen molar-refractivity contribution >= 4 is 45.9 Å². The number of ether oxygens (including phenoxy) is 2. The number of carbonyl (C=O) groups is 1. The van der Waals surface area contributed by atoms with Crippen LogP contribution in [0.4, 0.5) is 16.3 Å². The Bertz CT molecular complexity index is 1370. The van der Waals surface area contributed by atoms with Gasteiger partial charge in [0.15, 0.2) is 11.5 Å². The van der Waals surface area contributed by atoms with Crippen molar-refractivity contribution in [3.05, 3.63) is 59.9 Å². The average Bonchev–Trinajstić information content (AvgIpc) is 3.29. The predicted molar refractivity (Wildman–Crippen MR) is 137 cm³/mol. The van der Waals surface area contributed by atoms with Crippen molar-refractivity contribution in [3.8, 4) is 5.75 Å². The number of halogens is 1. The fraction of sp³-hybridized carbons (Fsp3) is 0.346. The van der Waals surface area contributed by atoms with Gasteiger partial charge in [0.25, 0.3) is 0 Å². The van der Waals surface area contributed by atoms with Crippen molar-refractivity contribution in [1.29, 1.82) is 0 Å². The third-order valence-corrected chi connectivity index (χ3v) is 6.01. The first-order valence-corrected chi connectivity index (χ1v) is 12.1. The molecule has 8 nitrogen and oxygen atoms in total. The van der Waals surface area contributed by atoms with Crippen molar-refractivity contribution in [1.82, 2.24) is 19.3 Å². The smallest absolute Gasteiger partial charge is 0.410 e. The van der Waals surface area contributed by atoms with E-state index in [1.807, 2.05) is 73.8 Å². The van der Waals surface area contributed by atoms with Crippen LogP contribution in [0.3, 0.4) is 0 Å². The lowest BCUT2D eigenvalue weighted by atomic mass is 10.1. The molecular formula is C26H28ClN5O3. The summed E-state index contributed by atoms with van der Waals surface area (Å²) in [4.78, 5) is 23.4. The number of likely N-dealkylation sites (tertiary alicyclic amines) is 1. The highest BCUT2D eigenvalue weighted by Crippen LogP contribution is 2.28. The summed E-state index contributed by atoms with van der Waals surface area (Å²) >= 11 is 6.14. The molecule has 2 aromatic carbocycles. The molecule has 0 aliphatic carbocycles. The molecule has 5 rings (SSSR count). The first kappa shape index (κ1) is 23.2. The van der Waals surface area contributed by atoms with E-state index in [0.29, 0.717) is 23.9 Å². The summed E-state index contributed by atoms with van der Waals surface area (Å²) in [6, 6.07) is 13.4. The number of amides is 1. The highest BCUT2D eigenvalue weighted by molar-refractivity contribution is 6.30. The predicted octanol–water partition coefficient (Wildman–Crippen LogP) is 6.06. The van der Waals surface area contributed by atoms with Crippen LogP contribution in [0.15, 0.2) is 54.9 Å². The molecule has 1 aliphatic rings. The molecule has 4 aromatic rings. The largest absolute Gasteiger partial charge is 0.490 e. The van der Waals surface area contributed by atoms with Crippen molar-refractivity contribution < 1.29 is 14.3 Å². The van der Waals surface area contributed by atoms with Crippen LogP contribution in [0.5, 0.6) is 5.75 Å². The summed E-state index contributed by atoms with van der Waals surface area (Å²) in [5.74, 6) is 1.38. The number of benzene rings is 2. The van der Waals surface area contributed by atoms with E-state index in [0.717, 1.165) is 41.0 Å². The van der Waals surface area contributed by atoms with Gasteiger partial charge in [-0.3, -0.25) is 4.40 Å². The number of piperidine rings is 1. The number of anilines is 2. The minimum Gasteiger partial charge on any atom is -0.490 e. The van der Waals surface area contributed by atoms with Gasteiger partial charge in [0, 0.05) is 55.1 Å². The zero-order valence-electron chi connectivity index (χ0n) is 20.0. The fourth-order valence-corrected chi connectivity index (χ4v) is 4.37. The van der Waals surface area contributed by atoms with Gasteiger partial charge in [-0.1, -0.05) is 17.7 Å². The number of fused-ring (bicyclic) bond motifs is 3. The maximum atomic E-state index is 12.3. The normalized spacial score (nSPS) is 14.9. The molecule has 3 heterocycles. The summed E-state index contributed by atoms with van der Waals surface area (Å²) in [6.07, 6.45) is 4.90. The molecule has 1 saturated heterocycles. The summed E-state index contributed by atoms with van der Waals surface area (Å²) in [6.45, 7) is 6.84. The molecule has 0 bridgehead atoms. The van der Waals surface area contributed by atoms with Gasteiger partial charge in [0.1, 0.15) is 17.5 Å². The molecule has 1 amide bonds. The first-order chi connectivity index (χ1) is 16.7. The maximum Gasteiger partial charge on any atom is 0.410 e. The number of hydrogen-bond acceptors (Lipinski definition) is 6. The molecule has 0 spiro atoms. The van der Waals surface area contributed by atoms with Crippen molar-refractivity contribution in [2.45, 2.75) is 45.3 Å². The molecule has 1 N–H and O–H groups in total. The minimum absolute atomic E-state index is 0.0205. The molecule has 0 unspecified atom stereocenters. The second-order valence-corrected chi connectivity index (χ2v) is 10.1. The van der Waals surface area contributed by atoms with E-state index in [-0.39, 0.29) is 12.2 Å². The van der Waals surface area contributed by atoms with E-state index in [1.54, 1.807) is 11.1 Å². The second-order valence-electron chi connectivity index (χ2n) is 9.65. The van der Waals surface area contributed by atoms with E-state index in [2.05, 4.69) is 10.3 Å². The Morgan fingerprint density at radius 3 is 2.69 bits per heavy atom. The zero-order chi connectivity index (χ0) is 24.6. The van der Waals surface area contributed by atoms with Gasteiger partial charge < -0.3 is 19.7 Å². The molecule has 0 saturated carbocycles. The molecule has 1 fully saturated rings. The van der Waals surface area contributed by atoms with E-state index in [9.17, 15) is 4.79 Å². The highest BCUT2D eigenvalue weighted by atomic mass is 35.5. The molecule has 0 radical (unpaired) electrons. The quantitative estimate of drug-likeness (QED) is 0.372. The molecule has 35 heavy (non-hydrogen) atoms. The van der Waals surface area contributed by atoms with Crippen molar-refractivity contribution in [3.63, 3.8) is 0 Å². The summed E-state index contributed by atoms with van der Waals surface area (Å²) in [5.41, 5.74) is 2.77. The van der Waals surface area contributed by atoms with E-state index >= 15 is 0 Å². The Labute approximate surface area is 208 Å². The van der Waals surface area contributed by atoms with Gasteiger partial charge in [0.05, 0.1) is 11.0 Å². The Morgan fingerprint density at radius 1 is 1.14 bits per heavy atom. The van der Waals surface area contributed by atoms with Crippen LogP contribution in [-0.2, 0) is 4.74 Å². The lowest BCUT2D eigenvalue weighted by molar-refractivity contribution is 0.0127. The molecular weight excluding hydrogens is 466 g/mol.